The van der Waals surface area contributed by atoms with Crippen molar-refractivity contribution in [1.82, 2.24) is 10.6 Å². The number of rotatable bonds is 4. The molecule has 0 rings (SSSR count). The van der Waals surface area contributed by atoms with Gasteiger partial charge in [0.05, 0.1) is 6.61 Å². The first-order chi connectivity index (χ1) is 6.20. The van der Waals surface area contributed by atoms with E-state index in [4.69, 9.17) is 17.0 Å². The third-order valence-corrected chi connectivity index (χ3v) is 1.53. The van der Waals surface area contributed by atoms with Crippen LogP contribution in [0.4, 0.5) is 4.79 Å². The number of hydrogen-bond donors (Lipinski definition) is 2. The van der Waals surface area contributed by atoms with Crippen LogP contribution in [0.3, 0.4) is 0 Å². The first kappa shape index (κ1) is 12.2. The van der Waals surface area contributed by atoms with Gasteiger partial charge in [0, 0.05) is 6.54 Å². The molecule has 0 aliphatic heterocycles. The van der Waals surface area contributed by atoms with E-state index in [1.54, 1.807) is 0 Å². The molecule has 0 unspecified atom stereocenters. The van der Waals surface area contributed by atoms with E-state index in [1.165, 1.54) is 0 Å². The maximum atomic E-state index is 10.9. The number of thiocarbonyl (C=S) groups is 1. The van der Waals surface area contributed by atoms with Crippen LogP contribution >= 0.6 is 12.2 Å². The van der Waals surface area contributed by atoms with Crippen LogP contribution < -0.4 is 10.6 Å². The Morgan fingerprint density at radius 3 is 2.69 bits per heavy atom. The Hall–Kier alpha value is -0.840. The summed E-state index contributed by atoms with van der Waals surface area (Å²) < 4.78 is 4.82. The van der Waals surface area contributed by atoms with Crippen molar-refractivity contribution in [2.45, 2.75) is 26.7 Å². The van der Waals surface area contributed by atoms with E-state index in [2.05, 4.69) is 10.6 Å². The zero-order valence-electron chi connectivity index (χ0n) is 8.05. The highest BCUT2D eigenvalue weighted by Crippen LogP contribution is 1.87. The third-order valence-electron chi connectivity index (χ3n) is 1.28. The van der Waals surface area contributed by atoms with Crippen LogP contribution in [0.15, 0.2) is 0 Å². The molecule has 0 aliphatic rings. The molecule has 0 bridgehead atoms. The summed E-state index contributed by atoms with van der Waals surface area (Å²) in [4.78, 5) is 10.9. The highest BCUT2D eigenvalue weighted by atomic mass is 32.1. The van der Waals surface area contributed by atoms with Gasteiger partial charge in [-0.1, -0.05) is 13.3 Å². The van der Waals surface area contributed by atoms with Gasteiger partial charge in [-0.2, -0.15) is 0 Å². The van der Waals surface area contributed by atoms with E-state index in [9.17, 15) is 4.79 Å². The van der Waals surface area contributed by atoms with Gasteiger partial charge in [-0.25, -0.2) is 4.79 Å². The second kappa shape index (κ2) is 7.79. The Morgan fingerprint density at radius 1 is 1.46 bits per heavy atom. The van der Waals surface area contributed by atoms with Crippen LogP contribution in [0.1, 0.15) is 26.7 Å². The molecule has 0 saturated carbocycles. The lowest BCUT2D eigenvalue weighted by atomic mass is 10.4. The number of ether oxygens (including phenoxy) is 1. The number of alkyl carbamates (subject to hydrolysis) is 1. The summed E-state index contributed by atoms with van der Waals surface area (Å²) >= 11 is 4.79. The van der Waals surface area contributed by atoms with Crippen LogP contribution in [0.2, 0.25) is 0 Å². The van der Waals surface area contributed by atoms with E-state index >= 15 is 0 Å². The van der Waals surface area contributed by atoms with E-state index in [0.717, 1.165) is 12.8 Å². The molecular formula is C8H16N2O2S. The second-order valence-corrected chi connectivity index (χ2v) is 2.88. The molecule has 0 radical (unpaired) electrons. The maximum absolute atomic E-state index is 10.9. The van der Waals surface area contributed by atoms with Crippen molar-refractivity contribution in [1.29, 1.82) is 0 Å². The molecule has 5 heteroatoms. The van der Waals surface area contributed by atoms with E-state index < -0.39 is 6.09 Å². The quantitative estimate of drug-likeness (QED) is 0.537. The molecule has 76 valence electrons. The summed E-state index contributed by atoms with van der Waals surface area (Å²) in [5.41, 5.74) is 0. The second-order valence-electron chi connectivity index (χ2n) is 2.47. The third kappa shape index (κ3) is 7.52. The van der Waals surface area contributed by atoms with Gasteiger partial charge in [0.15, 0.2) is 5.11 Å². The van der Waals surface area contributed by atoms with Crippen molar-refractivity contribution in [3.8, 4) is 0 Å². The monoisotopic (exact) mass is 204 g/mol. The van der Waals surface area contributed by atoms with Gasteiger partial charge in [0.1, 0.15) is 0 Å². The summed E-state index contributed by atoms with van der Waals surface area (Å²) in [6.07, 6.45) is 1.39. The van der Waals surface area contributed by atoms with Gasteiger partial charge < -0.3 is 10.1 Å². The Labute approximate surface area is 84.0 Å². The normalized spacial score (nSPS) is 9.08. The molecular weight excluding hydrogens is 188 g/mol. The predicted octanol–water partition coefficient (Wildman–Crippen LogP) is 1.41. The molecule has 0 aromatic rings. The average Bonchev–Trinajstić information content (AvgIpc) is 2.05. The number of amides is 1. The molecule has 13 heavy (non-hydrogen) atoms. The molecule has 2 N–H and O–H groups in total. The largest absolute Gasteiger partial charge is 0.449 e. The van der Waals surface area contributed by atoms with E-state index in [1.807, 2.05) is 13.8 Å². The summed E-state index contributed by atoms with van der Waals surface area (Å²) in [5.74, 6) is 0. The number of hydrogen-bond acceptors (Lipinski definition) is 3. The van der Waals surface area contributed by atoms with Gasteiger partial charge >= 0.3 is 6.09 Å². The molecule has 0 saturated heterocycles. The fourth-order valence-corrected chi connectivity index (χ4v) is 0.870. The number of carbonyl (C=O) groups excluding carboxylic acids is 1. The molecule has 0 atom stereocenters. The smallest absolute Gasteiger partial charge is 0.413 e. The highest BCUT2D eigenvalue weighted by Gasteiger charge is 2.02. The Balaban J connectivity index is 3.44. The number of carbonyl (C=O) groups is 1. The first-order valence-corrected chi connectivity index (χ1v) is 4.83. The van der Waals surface area contributed by atoms with E-state index in [0.29, 0.717) is 18.3 Å². The lowest BCUT2D eigenvalue weighted by molar-refractivity contribution is 0.150. The molecule has 0 fully saturated rings. The molecule has 0 spiro atoms. The van der Waals surface area contributed by atoms with Crippen LogP contribution in [0.25, 0.3) is 0 Å². The lowest BCUT2D eigenvalue weighted by Gasteiger charge is -2.07. The minimum absolute atomic E-state index is 0.309. The summed E-state index contributed by atoms with van der Waals surface area (Å²) in [6, 6.07) is 0. The van der Waals surface area contributed by atoms with Crippen molar-refractivity contribution in [3.63, 3.8) is 0 Å². The van der Waals surface area contributed by atoms with Gasteiger partial charge in [0.25, 0.3) is 0 Å². The van der Waals surface area contributed by atoms with Gasteiger partial charge in [-0.3, -0.25) is 5.32 Å². The Kier molecular flexibility index (Phi) is 7.29. The molecule has 0 heterocycles. The van der Waals surface area contributed by atoms with Crippen molar-refractivity contribution < 1.29 is 9.53 Å². The fraction of sp³-hybridized carbons (Fsp3) is 0.750. The summed E-state index contributed by atoms with van der Waals surface area (Å²) in [6.45, 7) is 5.06. The van der Waals surface area contributed by atoms with Crippen LogP contribution in [-0.2, 0) is 4.74 Å². The predicted molar refractivity (Wildman–Crippen MR) is 55.7 cm³/mol. The lowest BCUT2D eigenvalue weighted by Crippen LogP contribution is -2.39. The van der Waals surface area contributed by atoms with Crippen LogP contribution in [0.5, 0.6) is 0 Å². The van der Waals surface area contributed by atoms with Crippen molar-refractivity contribution >= 4 is 23.4 Å². The van der Waals surface area contributed by atoms with Crippen molar-refractivity contribution in [2.75, 3.05) is 13.2 Å². The van der Waals surface area contributed by atoms with Crippen LogP contribution in [0, 0.1) is 0 Å². The van der Waals surface area contributed by atoms with Gasteiger partial charge in [-0.15, -0.1) is 0 Å². The first-order valence-electron chi connectivity index (χ1n) is 4.42. The SMILES string of the molecule is CCCCOC(=O)NC(=S)NCC. The Morgan fingerprint density at radius 2 is 2.15 bits per heavy atom. The van der Waals surface area contributed by atoms with Gasteiger partial charge in [-0.05, 0) is 25.6 Å². The number of unbranched alkanes of at least 4 members (excludes halogenated alkanes) is 1. The zero-order chi connectivity index (χ0) is 10.1. The molecule has 1 amide bonds. The zero-order valence-corrected chi connectivity index (χ0v) is 8.87. The minimum Gasteiger partial charge on any atom is -0.449 e. The van der Waals surface area contributed by atoms with Crippen molar-refractivity contribution in [2.24, 2.45) is 0 Å². The fourth-order valence-electron chi connectivity index (χ4n) is 0.643. The molecule has 0 aromatic heterocycles. The van der Waals surface area contributed by atoms with Crippen molar-refractivity contribution in [3.05, 3.63) is 0 Å². The van der Waals surface area contributed by atoms with E-state index in [-0.39, 0.29) is 0 Å². The van der Waals surface area contributed by atoms with Gasteiger partial charge in [0.2, 0.25) is 0 Å². The average molecular weight is 204 g/mol. The molecule has 0 aliphatic carbocycles. The summed E-state index contributed by atoms with van der Waals surface area (Å²) in [7, 11) is 0. The summed E-state index contributed by atoms with van der Waals surface area (Å²) in [5, 5.41) is 5.49. The Bertz CT molecular complexity index is 174. The van der Waals surface area contributed by atoms with Crippen LogP contribution in [-0.4, -0.2) is 24.4 Å². The topological polar surface area (TPSA) is 50.4 Å². The minimum atomic E-state index is -0.487. The molecule has 4 nitrogen and oxygen atoms in total. The highest BCUT2D eigenvalue weighted by molar-refractivity contribution is 7.80. The molecule has 0 aromatic carbocycles. The number of nitrogens with one attached hydrogen (secondary N) is 2. The maximum Gasteiger partial charge on any atom is 0.413 e. The standard InChI is InChI=1S/C8H16N2O2S/c1-3-5-6-12-8(11)10-7(13)9-4-2/h3-6H2,1-2H3,(H2,9,10,11,13).